The van der Waals surface area contributed by atoms with Gasteiger partial charge in [0, 0.05) is 23.1 Å². The summed E-state index contributed by atoms with van der Waals surface area (Å²) in [5, 5.41) is 3.01. The number of hydrogen-bond donors (Lipinski definition) is 1. The summed E-state index contributed by atoms with van der Waals surface area (Å²) in [5.74, 6) is 2.92. The van der Waals surface area contributed by atoms with Crippen molar-refractivity contribution >= 4 is 35.1 Å². The molecule has 1 saturated carbocycles. The van der Waals surface area contributed by atoms with Crippen LogP contribution in [-0.4, -0.2) is 17.4 Å². The van der Waals surface area contributed by atoms with Gasteiger partial charge in [-0.05, 0) is 30.5 Å². The van der Waals surface area contributed by atoms with Gasteiger partial charge in [0.1, 0.15) is 0 Å². The SMILES string of the molecule is O=C(Nc1cccc(C2SCCS2)c1)C1CC1. The van der Waals surface area contributed by atoms with Crippen molar-refractivity contribution in [3.8, 4) is 0 Å². The molecular formula is C13H15NOS2. The first kappa shape index (κ1) is 11.5. The number of thioether (sulfide) groups is 2. The summed E-state index contributed by atoms with van der Waals surface area (Å²) in [6.45, 7) is 0. The smallest absolute Gasteiger partial charge is 0.227 e. The quantitative estimate of drug-likeness (QED) is 0.906. The fraction of sp³-hybridized carbons (Fsp3) is 0.462. The first-order chi connectivity index (χ1) is 8.33. The van der Waals surface area contributed by atoms with E-state index in [1.165, 1.54) is 17.1 Å². The van der Waals surface area contributed by atoms with Crippen molar-refractivity contribution in [2.75, 3.05) is 16.8 Å². The third kappa shape index (κ3) is 2.80. The average Bonchev–Trinajstić information content (AvgIpc) is 3.05. The second-order valence-corrected chi connectivity index (χ2v) is 7.19. The van der Waals surface area contributed by atoms with Gasteiger partial charge in [-0.25, -0.2) is 0 Å². The molecule has 17 heavy (non-hydrogen) atoms. The summed E-state index contributed by atoms with van der Waals surface area (Å²) >= 11 is 3.98. The zero-order valence-corrected chi connectivity index (χ0v) is 11.2. The Morgan fingerprint density at radius 1 is 1.24 bits per heavy atom. The molecule has 90 valence electrons. The number of rotatable bonds is 3. The maximum Gasteiger partial charge on any atom is 0.227 e. The Bertz CT molecular complexity index is 425. The zero-order chi connectivity index (χ0) is 11.7. The van der Waals surface area contributed by atoms with Gasteiger partial charge < -0.3 is 5.32 Å². The van der Waals surface area contributed by atoms with Crippen molar-refractivity contribution in [2.24, 2.45) is 5.92 Å². The number of nitrogens with one attached hydrogen (secondary N) is 1. The monoisotopic (exact) mass is 265 g/mol. The highest BCUT2D eigenvalue weighted by Crippen LogP contribution is 2.45. The van der Waals surface area contributed by atoms with Gasteiger partial charge in [0.25, 0.3) is 0 Å². The predicted molar refractivity (Wildman–Crippen MR) is 75.5 cm³/mol. The molecule has 0 spiro atoms. The Labute approximate surface area is 110 Å². The van der Waals surface area contributed by atoms with Crippen LogP contribution in [0.25, 0.3) is 0 Å². The molecule has 3 rings (SSSR count). The molecule has 0 aromatic heterocycles. The lowest BCUT2D eigenvalue weighted by atomic mass is 10.2. The molecule has 1 aliphatic carbocycles. The molecule has 1 heterocycles. The minimum atomic E-state index is 0.189. The van der Waals surface area contributed by atoms with Crippen LogP contribution < -0.4 is 5.32 Å². The average molecular weight is 265 g/mol. The molecule has 1 N–H and O–H groups in total. The van der Waals surface area contributed by atoms with Gasteiger partial charge in [-0.1, -0.05) is 12.1 Å². The second kappa shape index (κ2) is 4.94. The van der Waals surface area contributed by atoms with Crippen molar-refractivity contribution in [1.29, 1.82) is 0 Å². The van der Waals surface area contributed by atoms with E-state index in [9.17, 15) is 4.79 Å². The Morgan fingerprint density at radius 3 is 2.71 bits per heavy atom. The van der Waals surface area contributed by atoms with E-state index < -0.39 is 0 Å². The van der Waals surface area contributed by atoms with E-state index in [1.54, 1.807) is 0 Å². The molecule has 0 bridgehead atoms. The fourth-order valence-corrected chi connectivity index (χ4v) is 4.74. The van der Waals surface area contributed by atoms with Crippen molar-refractivity contribution in [3.63, 3.8) is 0 Å². The molecular weight excluding hydrogens is 250 g/mol. The van der Waals surface area contributed by atoms with Crippen LogP contribution in [0.1, 0.15) is 23.0 Å². The van der Waals surface area contributed by atoms with E-state index in [0.29, 0.717) is 4.58 Å². The second-order valence-electron chi connectivity index (χ2n) is 4.46. The maximum atomic E-state index is 11.7. The van der Waals surface area contributed by atoms with Crippen LogP contribution in [0.15, 0.2) is 24.3 Å². The predicted octanol–water partition coefficient (Wildman–Crippen LogP) is 3.51. The van der Waals surface area contributed by atoms with Crippen LogP contribution in [-0.2, 0) is 4.79 Å². The van der Waals surface area contributed by atoms with Crippen molar-refractivity contribution in [1.82, 2.24) is 0 Å². The number of carbonyl (C=O) groups excluding carboxylic acids is 1. The molecule has 2 nitrogen and oxygen atoms in total. The third-order valence-electron chi connectivity index (χ3n) is 3.00. The Kier molecular flexibility index (Phi) is 3.34. The lowest BCUT2D eigenvalue weighted by Gasteiger charge is -2.10. The van der Waals surface area contributed by atoms with E-state index in [0.717, 1.165) is 18.5 Å². The summed E-state index contributed by atoms with van der Waals surface area (Å²) < 4.78 is 0.549. The van der Waals surface area contributed by atoms with E-state index >= 15 is 0 Å². The van der Waals surface area contributed by atoms with E-state index in [2.05, 4.69) is 17.4 Å². The number of hydrogen-bond acceptors (Lipinski definition) is 3. The summed E-state index contributed by atoms with van der Waals surface area (Å²) in [4.78, 5) is 11.7. The van der Waals surface area contributed by atoms with Crippen LogP contribution in [0.5, 0.6) is 0 Å². The molecule has 0 atom stereocenters. The van der Waals surface area contributed by atoms with Gasteiger partial charge in [0.2, 0.25) is 5.91 Å². The van der Waals surface area contributed by atoms with Gasteiger partial charge in [-0.2, -0.15) is 0 Å². The first-order valence-electron chi connectivity index (χ1n) is 5.97. The molecule has 0 unspecified atom stereocenters. The summed E-state index contributed by atoms with van der Waals surface area (Å²) in [7, 11) is 0. The largest absolute Gasteiger partial charge is 0.326 e. The normalized spacial score (nSPS) is 20.5. The van der Waals surface area contributed by atoms with Gasteiger partial charge in [0.15, 0.2) is 0 Å². The highest BCUT2D eigenvalue weighted by Gasteiger charge is 2.29. The molecule has 1 saturated heterocycles. The number of amides is 1. The van der Waals surface area contributed by atoms with E-state index in [4.69, 9.17) is 0 Å². The maximum absolute atomic E-state index is 11.7. The minimum Gasteiger partial charge on any atom is -0.326 e. The first-order valence-corrected chi connectivity index (χ1v) is 8.07. The summed E-state index contributed by atoms with van der Waals surface area (Å²) in [5.41, 5.74) is 2.28. The molecule has 1 aromatic rings. The fourth-order valence-electron chi connectivity index (χ4n) is 1.90. The Balaban J connectivity index is 1.71. The lowest BCUT2D eigenvalue weighted by Crippen LogP contribution is -2.13. The van der Waals surface area contributed by atoms with Crippen LogP contribution in [0.3, 0.4) is 0 Å². The molecule has 0 radical (unpaired) electrons. The Hall–Kier alpha value is -0.610. The van der Waals surface area contributed by atoms with Gasteiger partial charge in [-0.15, -0.1) is 23.5 Å². The van der Waals surface area contributed by atoms with Gasteiger partial charge in [-0.3, -0.25) is 4.79 Å². The number of benzene rings is 1. The molecule has 1 amide bonds. The van der Waals surface area contributed by atoms with Gasteiger partial charge in [0.05, 0.1) is 4.58 Å². The summed E-state index contributed by atoms with van der Waals surface area (Å²) in [6, 6.07) is 8.30. The van der Waals surface area contributed by atoms with Crippen LogP contribution in [0.4, 0.5) is 5.69 Å². The third-order valence-corrected chi connectivity index (χ3v) is 6.10. The van der Waals surface area contributed by atoms with Crippen molar-refractivity contribution in [2.45, 2.75) is 17.4 Å². The minimum absolute atomic E-state index is 0.189. The molecule has 2 fully saturated rings. The number of carbonyl (C=O) groups is 1. The molecule has 1 aliphatic heterocycles. The number of anilines is 1. The molecule has 2 aliphatic rings. The van der Waals surface area contributed by atoms with Crippen LogP contribution in [0.2, 0.25) is 0 Å². The zero-order valence-electron chi connectivity index (χ0n) is 9.52. The topological polar surface area (TPSA) is 29.1 Å². The summed E-state index contributed by atoms with van der Waals surface area (Å²) in [6.07, 6.45) is 2.11. The highest BCUT2D eigenvalue weighted by molar-refractivity contribution is 8.19. The highest BCUT2D eigenvalue weighted by atomic mass is 32.2. The molecule has 1 aromatic carbocycles. The van der Waals surface area contributed by atoms with E-state index in [-0.39, 0.29) is 11.8 Å². The lowest BCUT2D eigenvalue weighted by molar-refractivity contribution is -0.117. The van der Waals surface area contributed by atoms with Crippen LogP contribution >= 0.6 is 23.5 Å². The van der Waals surface area contributed by atoms with Gasteiger partial charge >= 0.3 is 0 Å². The molecule has 4 heteroatoms. The van der Waals surface area contributed by atoms with E-state index in [1.807, 2.05) is 35.7 Å². The van der Waals surface area contributed by atoms with Crippen LogP contribution in [0, 0.1) is 5.92 Å². The van der Waals surface area contributed by atoms with Crippen molar-refractivity contribution < 1.29 is 4.79 Å². The standard InChI is InChI=1S/C13H15NOS2/c15-12(9-4-5-9)14-11-3-1-2-10(8-11)13-16-6-7-17-13/h1-3,8-9,13H,4-7H2,(H,14,15). The Morgan fingerprint density at radius 2 is 2.00 bits per heavy atom. The van der Waals surface area contributed by atoms with Crippen molar-refractivity contribution in [3.05, 3.63) is 29.8 Å².